The highest BCUT2D eigenvalue weighted by Crippen LogP contribution is 2.29. The third-order valence-electron chi connectivity index (χ3n) is 5.79. The highest BCUT2D eigenvalue weighted by molar-refractivity contribution is 7.98. The number of thiazole rings is 1. The van der Waals surface area contributed by atoms with Gasteiger partial charge in [0.2, 0.25) is 0 Å². The first-order valence-electron chi connectivity index (χ1n) is 11.2. The maximum Gasteiger partial charge on any atom is 0.196 e. The molecular formula is C25H27N5S2. The van der Waals surface area contributed by atoms with Gasteiger partial charge in [-0.1, -0.05) is 61.2 Å². The second-order valence-corrected chi connectivity index (χ2v) is 9.84. The maximum absolute atomic E-state index is 4.88. The Labute approximate surface area is 197 Å². The normalized spacial score (nSPS) is 14.3. The van der Waals surface area contributed by atoms with E-state index in [1.165, 1.54) is 24.0 Å². The van der Waals surface area contributed by atoms with Crippen molar-refractivity contribution in [1.29, 1.82) is 0 Å². The number of nitrogens with zero attached hydrogens (tertiary/aromatic N) is 5. The maximum atomic E-state index is 4.88. The molecule has 2 aromatic heterocycles. The summed E-state index contributed by atoms with van der Waals surface area (Å²) in [7, 11) is 0. The van der Waals surface area contributed by atoms with Crippen molar-refractivity contribution in [3.05, 3.63) is 77.1 Å². The third kappa shape index (κ3) is 4.80. The number of rotatable bonds is 8. The number of likely N-dealkylation sites (tertiary alicyclic amines) is 1. The van der Waals surface area contributed by atoms with E-state index in [1.807, 2.05) is 6.07 Å². The molecule has 0 amide bonds. The summed E-state index contributed by atoms with van der Waals surface area (Å²) in [4.78, 5) is 7.34. The fourth-order valence-electron chi connectivity index (χ4n) is 4.00. The van der Waals surface area contributed by atoms with E-state index >= 15 is 0 Å². The van der Waals surface area contributed by atoms with Gasteiger partial charge in [-0.15, -0.1) is 21.5 Å². The molecule has 7 heteroatoms. The molecule has 32 heavy (non-hydrogen) atoms. The van der Waals surface area contributed by atoms with Gasteiger partial charge >= 0.3 is 0 Å². The second kappa shape index (κ2) is 9.98. The number of hydrogen-bond acceptors (Lipinski definition) is 6. The molecule has 0 saturated carbocycles. The van der Waals surface area contributed by atoms with E-state index in [1.54, 1.807) is 23.1 Å². The SMILES string of the molecule is CCc1ccc(-c2nc(CSc3nnc(CN4CCCC4)n3-c3ccccc3)cs2)cc1. The van der Waals surface area contributed by atoms with Gasteiger partial charge in [-0.3, -0.25) is 9.47 Å². The van der Waals surface area contributed by atoms with Crippen LogP contribution in [0.5, 0.6) is 0 Å². The largest absolute Gasteiger partial charge is 0.296 e. The molecule has 5 nitrogen and oxygen atoms in total. The molecule has 0 aliphatic carbocycles. The third-order valence-corrected chi connectivity index (χ3v) is 7.69. The molecule has 0 radical (unpaired) electrons. The van der Waals surface area contributed by atoms with Crippen molar-refractivity contribution in [3.8, 4) is 16.3 Å². The van der Waals surface area contributed by atoms with Crippen LogP contribution in [-0.4, -0.2) is 37.7 Å². The Morgan fingerprint density at radius 1 is 0.969 bits per heavy atom. The Morgan fingerprint density at radius 2 is 1.75 bits per heavy atom. The molecule has 4 aromatic rings. The fourth-order valence-corrected chi connectivity index (χ4v) is 5.80. The molecule has 0 N–H and O–H groups in total. The van der Waals surface area contributed by atoms with Crippen LogP contribution < -0.4 is 0 Å². The molecule has 0 unspecified atom stereocenters. The summed E-state index contributed by atoms with van der Waals surface area (Å²) in [6, 6.07) is 19.2. The summed E-state index contributed by atoms with van der Waals surface area (Å²) in [6.45, 7) is 5.31. The van der Waals surface area contributed by atoms with E-state index in [0.29, 0.717) is 0 Å². The number of aryl methyl sites for hydroxylation is 1. The molecule has 3 heterocycles. The predicted octanol–water partition coefficient (Wildman–Crippen LogP) is 5.84. The molecule has 2 aromatic carbocycles. The van der Waals surface area contributed by atoms with Crippen LogP contribution in [0.4, 0.5) is 0 Å². The van der Waals surface area contributed by atoms with Crippen LogP contribution in [0.1, 0.15) is 36.8 Å². The van der Waals surface area contributed by atoms with Gasteiger partial charge in [0.05, 0.1) is 12.2 Å². The van der Waals surface area contributed by atoms with E-state index in [0.717, 1.165) is 59.2 Å². The zero-order chi connectivity index (χ0) is 21.8. The van der Waals surface area contributed by atoms with Crippen LogP contribution >= 0.6 is 23.1 Å². The van der Waals surface area contributed by atoms with E-state index in [4.69, 9.17) is 4.98 Å². The lowest BCUT2D eigenvalue weighted by Crippen LogP contribution is -2.21. The van der Waals surface area contributed by atoms with E-state index in [9.17, 15) is 0 Å². The van der Waals surface area contributed by atoms with Crippen molar-refractivity contribution in [2.24, 2.45) is 0 Å². The van der Waals surface area contributed by atoms with E-state index in [2.05, 4.69) is 80.5 Å². The van der Waals surface area contributed by atoms with Crippen LogP contribution in [0, 0.1) is 0 Å². The summed E-state index contributed by atoms with van der Waals surface area (Å²) in [5, 5.41) is 13.3. The van der Waals surface area contributed by atoms with Crippen molar-refractivity contribution in [2.75, 3.05) is 13.1 Å². The second-order valence-electron chi connectivity index (χ2n) is 8.04. The molecule has 164 valence electrons. The summed E-state index contributed by atoms with van der Waals surface area (Å²) in [5.74, 6) is 1.79. The van der Waals surface area contributed by atoms with Gasteiger partial charge in [-0.05, 0) is 50.0 Å². The molecule has 1 aliphatic rings. The minimum atomic E-state index is 0.776. The molecule has 0 bridgehead atoms. The van der Waals surface area contributed by atoms with Crippen molar-refractivity contribution in [3.63, 3.8) is 0 Å². The van der Waals surface area contributed by atoms with Crippen molar-refractivity contribution in [2.45, 2.75) is 43.6 Å². The van der Waals surface area contributed by atoms with Gasteiger partial charge in [0, 0.05) is 22.4 Å². The zero-order valence-electron chi connectivity index (χ0n) is 18.3. The topological polar surface area (TPSA) is 46.8 Å². The lowest BCUT2D eigenvalue weighted by molar-refractivity contribution is 0.319. The monoisotopic (exact) mass is 461 g/mol. The Kier molecular flexibility index (Phi) is 6.67. The summed E-state index contributed by atoms with van der Waals surface area (Å²) in [6.07, 6.45) is 3.60. The van der Waals surface area contributed by atoms with Gasteiger partial charge in [0.25, 0.3) is 0 Å². The lowest BCUT2D eigenvalue weighted by Gasteiger charge is -2.15. The lowest BCUT2D eigenvalue weighted by atomic mass is 10.1. The number of para-hydroxylation sites is 1. The van der Waals surface area contributed by atoms with Gasteiger partial charge in [0.1, 0.15) is 5.01 Å². The number of thioether (sulfide) groups is 1. The van der Waals surface area contributed by atoms with Crippen LogP contribution in [0.15, 0.2) is 65.1 Å². The quantitative estimate of drug-likeness (QED) is 0.308. The van der Waals surface area contributed by atoms with Gasteiger partial charge in [-0.25, -0.2) is 4.98 Å². The Balaban J connectivity index is 1.34. The highest BCUT2D eigenvalue weighted by atomic mass is 32.2. The number of aromatic nitrogens is 4. The smallest absolute Gasteiger partial charge is 0.196 e. The molecular weight excluding hydrogens is 434 g/mol. The van der Waals surface area contributed by atoms with Crippen molar-refractivity contribution >= 4 is 23.1 Å². The molecule has 5 rings (SSSR count). The van der Waals surface area contributed by atoms with Crippen LogP contribution in [-0.2, 0) is 18.7 Å². The van der Waals surface area contributed by atoms with Crippen LogP contribution in [0.2, 0.25) is 0 Å². The zero-order valence-corrected chi connectivity index (χ0v) is 19.9. The fraction of sp³-hybridized carbons (Fsp3) is 0.320. The molecule has 1 aliphatic heterocycles. The first-order chi connectivity index (χ1) is 15.8. The van der Waals surface area contributed by atoms with Gasteiger partial charge in [-0.2, -0.15) is 0 Å². The van der Waals surface area contributed by atoms with Crippen molar-refractivity contribution in [1.82, 2.24) is 24.6 Å². The van der Waals surface area contributed by atoms with Gasteiger partial charge < -0.3 is 0 Å². The predicted molar refractivity (Wildman–Crippen MR) is 132 cm³/mol. The Bertz CT molecular complexity index is 1140. The van der Waals surface area contributed by atoms with Crippen molar-refractivity contribution < 1.29 is 0 Å². The first kappa shape index (κ1) is 21.4. The minimum Gasteiger partial charge on any atom is -0.296 e. The van der Waals surface area contributed by atoms with Crippen LogP contribution in [0.25, 0.3) is 16.3 Å². The summed E-state index contributed by atoms with van der Waals surface area (Å²) >= 11 is 3.41. The average molecular weight is 462 g/mol. The molecule has 0 spiro atoms. The van der Waals surface area contributed by atoms with Crippen LogP contribution in [0.3, 0.4) is 0 Å². The standard InChI is InChI=1S/C25H27N5S2/c1-2-19-10-12-20(13-11-19)24-26-21(17-31-24)18-32-25-28-27-23(16-29-14-6-7-15-29)30(25)22-8-4-3-5-9-22/h3-5,8-13,17H,2,6-7,14-16,18H2,1H3. The highest BCUT2D eigenvalue weighted by Gasteiger charge is 2.19. The Hall–Kier alpha value is -2.48. The molecule has 1 saturated heterocycles. The summed E-state index contributed by atoms with van der Waals surface area (Å²) in [5.41, 5.74) is 4.73. The molecule has 0 atom stereocenters. The summed E-state index contributed by atoms with van der Waals surface area (Å²) < 4.78 is 2.21. The van der Waals surface area contributed by atoms with E-state index in [-0.39, 0.29) is 0 Å². The van der Waals surface area contributed by atoms with Gasteiger partial charge in [0.15, 0.2) is 11.0 Å². The molecule has 1 fully saturated rings. The average Bonchev–Trinajstić information content (AvgIpc) is 3.60. The van der Waals surface area contributed by atoms with E-state index < -0.39 is 0 Å². The first-order valence-corrected chi connectivity index (χ1v) is 13.1. The number of hydrogen-bond donors (Lipinski definition) is 0. The minimum absolute atomic E-state index is 0.776. The number of benzene rings is 2. The Morgan fingerprint density at radius 3 is 2.50 bits per heavy atom.